The summed E-state index contributed by atoms with van der Waals surface area (Å²) in [6.07, 6.45) is 7.41. The molecule has 3 rings (SSSR count). The van der Waals surface area contributed by atoms with Crippen molar-refractivity contribution in [2.75, 3.05) is 4.44 Å². The Bertz CT molecular complexity index is 410. The van der Waals surface area contributed by atoms with Crippen LogP contribution in [-0.4, -0.2) is 16.3 Å². The summed E-state index contributed by atoms with van der Waals surface area (Å²) in [7, 11) is 1.81. The number of hydrogen-bond donors (Lipinski definition) is 0. The molecular weight excluding hydrogens is 337 g/mol. The molecule has 0 saturated heterocycles. The van der Waals surface area contributed by atoms with Gasteiger partial charge in [-0.3, -0.25) is 0 Å². The van der Waals surface area contributed by atoms with Crippen LogP contribution in [-0.2, 0) is 0 Å². The van der Waals surface area contributed by atoms with Crippen molar-refractivity contribution >= 4 is 50.8 Å². The maximum Gasteiger partial charge on any atom is 0.136 e. The fraction of sp³-hybridized carbons (Fsp3) is 0.545. The molecule has 0 bridgehead atoms. The second-order valence-corrected chi connectivity index (χ2v) is 9.35. The Hall–Kier alpha value is 0.580. The number of nitrogens with zero attached hydrogens (tertiary/aromatic N) is 2. The third kappa shape index (κ3) is 3.53. The molecular formula is C11H14BrClN2P2. The quantitative estimate of drug-likeness (QED) is 0.707. The van der Waals surface area contributed by atoms with Crippen molar-refractivity contribution in [1.82, 2.24) is 4.98 Å². The van der Waals surface area contributed by atoms with Crippen molar-refractivity contribution in [1.29, 1.82) is 0 Å². The lowest BCUT2D eigenvalue weighted by Crippen LogP contribution is -2.04. The molecule has 6 heteroatoms. The molecule has 1 aromatic heterocycles. The highest BCUT2D eigenvalue weighted by molar-refractivity contribution is 9.10. The highest BCUT2D eigenvalue weighted by atomic mass is 79.9. The Labute approximate surface area is 119 Å². The summed E-state index contributed by atoms with van der Waals surface area (Å²) in [4.78, 5) is 4.51. The first-order valence-corrected chi connectivity index (χ1v) is 9.08. The van der Waals surface area contributed by atoms with Gasteiger partial charge in [0.2, 0.25) is 0 Å². The minimum absolute atomic E-state index is 0.765. The third-order valence-electron chi connectivity index (χ3n) is 2.80. The standard InChI is InChI=1S/C11H14BrClN2P2/c12-9-6-14-11(5-10(9)13)15(16-7-1-2-7)17-8-3-4-8/h5-8,16-17H,1-4H2. The Morgan fingerprint density at radius 2 is 1.82 bits per heavy atom. The van der Waals surface area contributed by atoms with Gasteiger partial charge in [0, 0.05) is 12.3 Å². The van der Waals surface area contributed by atoms with Crippen LogP contribution in [0.25, 0.3) is 0 Å². The van der Waals surface area contributed by atoms with Gasteiger partial charge in [-0.25, -0.2) is 4.98 Å². The van der Waals surface area contributed by atoms with Gasteiger partial charge in [-0.2, -0.15) is 0 Å². The van der Waals surface area contributed by atoms with Crippen LogP contribution in [0, 0.1) is 0 Å². The van der Waals surface area contributed by atoms with E-state index >= 15 is 0 Å². The summed E-state index contributed by atoms with van der Waals surface area (Å²) in [5.74, 6) is 1.06. The van der Waals surface area contributed by atoms with Gasteiger partial charge in [-0.1, -0.05) is 11.6 Å². The summed E-state index contributed by atoms with van der Waals surface area (Å²) >= 11 is 9.55. The minimum Gasteiger partial charge on any atom is -0.319 e. The van der Waals surface area contributed by atoms with Gasteiger partial charge in [-0.05, 0) is 70.4 Å². The van der Waals surface area contributed by atoms with Crippen LogP contribution in [0.2, 0.25) is 5.02 Å². The third-order valence-corrected chi connectivity index (χ3v) is 7.61. The first kappa shape index (κ1) is 12.6. The number of halogens is 2. The minimum atomic E-state index is 0.765. The summed E-state index contributed by atoms with van der Waals surface area (Å²) in [6, 6.07) is 2.00. The normalized spacial score (nSPS) is 20.8. The number of pyridine rings is 1. The Balaban J connectivity index is 1.76. The summed E-state index contributed by atoms with van der Waals surface area (Å²) in [5, 5.41) is 0.765. The van der Waals surface area contributed by atoms with E-state index in [1.165, 1.54) is 25.7 Å². The van der Waals surface area contributed by atoms with Crippen LogP contribution in [0.3, 0.4) is 0 Å². The maximum absolute atomic E-state index is 6.15. The molecule has 17 heavy (non-hydrogen) atoms. The molecule has 0 aliphatic heterocycles. The van der Waals surface area contributed by atoms with E-state index in [-0.39, 0.29) is 0 Å². The van der Waals surface area contributed by atoms with E-state index in [1.54, 1.807) is 0 Å². The zero-order valence-electron chi connectivity index (χ0n) is 9.29. The molecule has 2 unspecified atom stereocenters. The molecule has 2 aliphatic carbocycles. The van der Waals surface area contributed by atoms with Crippen LogP contribution in [0.4, 0.5) is 5.82 Å². The molecule has 2 aliphatic rings. The second-order valence-electron chi connectivity index (χ2n) is 4.60. The topological polar surface area (TPSA) is 16.1 Å². The van der Waals surface area contributed by atoms with E-state index in [0.29, 0.717) is 0 Å². The van der Waals surface area contributed by atoms with Crippen LogP contribution >= 0.6 is 45.0 Å². The smallest absolute Gasteiger partial charge is 0.136 e. The molecule has 0 N–H and O–H groups in total. The average Bonchev–Trinajstić information content (AvgIpc) is 3.15. The fourth-order valence-corrected chi connectivity index (χ4v) is 5.33. The number of aromatic nitrogens is 1. The first-order chi connectivity index (χ1) is 8.22. The molecule has 0 spiro atoms. The van der Waals surface area contributed by atoms with Gasteiger partial charge in [0.05, 0.1) is 9.50 Å². The highest BCUT2D eigenvalue weighted by Crippen LogP contribution is 2.53. The SMILES string of the molecule is Clc1cc(N(PC2CC2)PC2CC2)ncc1Br. The molecule has 1 heterocycles. The molecule has 2 saturated carbocycles. The van der Waals surface area contributed by atoms with Crippen molar-refractivity contribution in [2.24, 2.45) is 0 Å². The number of rotatable bonds is 5. The molecule has 92 valence electrons. The fourth-order valence-electron chi connectivity index (χ4n) is 1.49. The van der Waals surface area contributed by atoms with Crippen molar-refractivity contribution in [2.45, 2.75) is 37.0 Å². The summed E-state index contributed by atoms with van der Waals surface area (Å²) in [5.41, 5.74) is 1.84. The van der Waals surface area contributed by atoms with Crippen molar-refractivity contribution in [3.63, 3.8) is 0 Å². The van der Waals surface area contributed by atoms with E-state index in [1.807, 2.05) is 12.3 Å². The van der Waals surface area contributed by atoms with Crippen molar-refractivity contribution < 1.29 is 0 Å². The van der Waals surface area contributed by atoms with Gasteiger partial charge < -0.3 is 4.44 Å². The predicted octanol–water partition coefficient (Wildman–Crippen LogP) is 4.82. The van der Waals surface area contributed by atoms with E-state index in [0.717, 1.165) is 44.1 Å². The van der Waals surface area contributed by atoms with Gasteiger partial charge >= 0.3 is 0 Å². The second kappa shape index (κ2) is 5.29. The number of hydrogen-bond acceptors (Lipinski definition) is 2. The van der Waals surface area contributed by atoms with Crippen LogP contribution in [0.1, 0.15) is 25.7 Å². The Kier molecular flexibility index (Phi) is 3.92. The van der Waals surface area contributed by atoms with Gasteiger partial charge in [-0.15, -0.1) is 0 Å². The molecule has 1 aromatic rings. The predicted molar refractivity (Wildman–Crippen MR) is 82.1 cm³/mol. The molecule has 0 radical (unpaired) electrons. The Morgan fingerprint density at radius 1 is 1.24 bits per heavy atom. The van der Waals surface area contributed by atoms with Crippen molar-refractivity contribution in [3.05, 3.63) is 21.8 Å². The highest BCUT2D eigenvalue weighted by Gasteiger charge is 2.30. The van der Waals surface area contributed by atoms with Gasteiger partial charge in [0.25, 0.3) is 0 Å². The molecule has 0 aromatic carbocycles. The Morgan fingerprint density at radius 3 is 2.29 bits per heavy atom. The summed E-state index contributed by atoms with van der Waals surface area (Å²) in [6.45, 7) is 0. The maximum atomic E-state index is 6.15. The van der Waals surface area contributed by atoms with Crippen LogP contribution in [0.5, 0.6) is 0 Å². The largest absolute Gasteiger partial charge is 0.319 e. The zero-order valence-corrected chi connectivity index (χ0v) is 13.6. The van der Waals surface area contributed by atoms with E-state index < -0.39 is 0 Å². The molecule has 2 atom stereocenters. The lowest BCUT2D eigenvalue weighted by atomic mass is 10.5. The molecule has 2 nitrogen and oxygen atoms in total. The first-order valence-electron chi connectivity index (χ1n) is 5.86. The molecule has 2 fully saturated rings. The zero-order chi connectivity index (χ0) is 11.8. The van der Waals surface area contributed by atoms with Crippen LogP contribution < -0.4 is 4.44 Å². The van der Waals surface area contributed by atoms with Crippen molar-refractivity contribution in [3.8, 4) is 0 Å². The molecule has 0 amide bonds. The lowest BCUT2D eigenvalue weighted by Gasteiger charge is -2.23. The lowest BCUT2D eigenvalue weighted by molar-refractivity contribution is 1.27. The van der Waals surface area contributed by atoms with E-state index in [9.17, 15) is 0 Å². The average molecular weight is 352 g/mol. The monoisotopic (exact) mass is 350 g/mol. The number of anilines is 1. The van der Waals surface area contributed by atoms with E-state index in [2.05, 4.69) is 25.4 Å². The van der Waals surface area contributed by atoms with E-state index in [4.69, 9.17) is 11.6 Å². The van der Waals surface area contributed by atoms with Crippen LogP contribution in [0.15, 0.2) is 16.7 Å². The summed E-state index contributed by atoms with van der Waals surface area (Å²) < 4.78 is 3.36. The van der Waals surface area contributed by atoms with Gasteiger partial charge in [0.15, 0.2) is 0 Å². The van der Waals surface area contributed by atoms with Gasteiger partial charge in [0.1, 0.15) is 5.82 Å².